The van der Waals surface area contributed by atoms with E-state index in [0.29, 0.717) is 11.8 Å². The molecule has 0 bridgehead atoms. The van der Waals surface area contributed by atoms with Crippen LogP contribution in [0, 0.1) is 5.92 Å². The average molecular weight is 254 g/mol. The Kier molecular flexibility index (Phi) is 4.17. The van der Waals surface area contributed by atoms with E-state index < -0.39 is 0 Å². The minimum atomic E-state index is 0.202. The highest BCUT2D eigenvalue weighted by Gasteiger charge is 2.25. The summed E-state index contributed by atoms with van der Waals surface area (Å²) >= 11 is 1.71. The maximum absolute atomic E-state index is 9.42. The van der Waals surface area contributed by atoms with Gasteiger partial charge in [-0.25, -0.2) is 4.98 Å². The highest BCUT2D eigenvalue weighted by molar-refractivity contribution is 7.09. The summed E-state index contributed by atoms with van der Waals surface area (Å²) in [5.74, 6) is 1.25. The third kappa shape index (κ3) is 2.87. The molecule has 2 unspecified atom stereocenters. The highest BCUT2D eigenvalue weighted by Crippen LogP contribution is 2.32. The molecule has 2 heterocycles. The molecule has 0 spiro atoms. The zero-order valence-electron chi connectivity index (χ0n) is 10.9. The van der Waals surface area contributed by atoms with Crippen molar-refractivity contribution in [3.8, 4) is 0 Å². The third-order valence-corrected chi connectivity index (χ3v) is 4.66. The van der Waals surface area contributed by atoms with Gasteiger partial charge in [0.2, 0.25) is 0 Å². The molecule has 4 heteroatoms. The maximum atomic E-state index is 9.42. The minimum Gasteiger partial charge on any atom is -0.396 e. The number of thiazole rings is 1. The van der Waals surface area contributed by atoms with Crippen LogP contribution in [0.25, 0.3) is 0 Å². The lowest BCUT2D eigenvalue weighted by molar-refractivity contribution is 0.237. The van der Waals surface area contributed by atoms with Gasteiger partial charge in [0.25, 0.3) is 0 Å². The Labute approximate surface area is 107 Å². The lowest BCUT2D eigenvalue weighted by Gasteiger charge is -2.15. The largest absolute Gasteiger partial charge is 0.396 e. The van der Waals surface area contributed by atoms with E-state index >= 15 is 0 Å². The van der Waals surface area contributed by atoms with E-state index in [-0.39, 0.29) is 12.5 Å². The van der Waals surface area contributed by atoms with E-state index in [4.69, 9.17) is 4.98 Å². The van der Waals surface area contributed by atoms with Crippen molar-refractivity contribution in [1.82, 2.24) is 9.88 Å². The van der Waals surface area contributed by atoms with Gasteiger partial charge in [0.1, 0.15) is 0 Å². The normalized spacial score (nSPS) is 23.5. The lowest BCUT2D eigenvalue weighted by Crippen LogP contribution is -2.14. The van der Waals surface area contributed by atoms with Crippen LogP contribution in [-0.2, 0) is 0 Å². The Morgan fingerprint density at radius 1 is 1.59 bits per heavy atom. The van der Waals surface area contributed by atoms with E-state index in [1.54, 1.807) is 11.3 Å². The fourth-order valence-electron chi connectivity index (χ4n) is 2.41. The Hall–Kier alpha value is -0.450. The molecule has 2 atom stereocenters. The standard InChI is InChI=1S/C13H22N2OS/c1-9(2)11(7-16)13-14-12(8-17-13)10-4-5-15(3)6-10/h8-11,16H,4-7H2,1-3H3. The number of hydrogen-bond acceptors (Lipinski definition) is 4. The number of aromatic nitrogens is 1. The summed E-state index contributed by atoms with van der Waals surface area (Å²) in [5, 5.41) is 12.7. The van der Waals surface area contributed by atoms with E-state index in [9.17, 15) is 5.11 Å². The highest BCUT2D eigenvalue weighted by atomic mass is 32.1. The molecule has 1 N–H and O–H groups in total. The fraction of sp³-hybridized carbons (Fsp3) is 0.769. The second-order valence-corrected chi connectivity index (χ2v) is 6.28. The van der Waals surface area contributed by atoms with Crippen LogP contribution in [0.2, 0.25) is 0 Å². The Morgan fingerprint density at radius 2 is 2.35 bits per heavy atom. The smallest absolute Gasteiger partial charge is 0.0984 e. The molecule has 1 aromatic heterocycles. The van der Waals surface area contributed by atoms with Crippen LogP contribution in [0.1, 0.15) is 42.8 Å². The predicted molar refractivity (Wildman–Crippen MR) is 71.6 cm³/mol. The second-order valence-electron chi connectivity index (χ2n) is 5.39. The lowest BCUT2D eigenvalue weighted by atomic mass is 9.97. The SMILES string of the molecule is CC(C)C(CO)c1nc(C2CCN(C)C2)cs1. The first-order valence-corrected chi connectivity index (χ1v) is 7.24. The summed E-state index contributed by atoms with van der Waals surface area (Å²) in [6, 6.07) is 0. The van der Waals surface area contributed by atoms with Gasteiger partial charge in [-0.05, 0) is 25.9 Å². The van der Waals surface area contributed by atoms with E-state index in [1.165, 1.54) is 18.7 Å². The number of likely N-dealkylation sites (N-methyl/N-ethyl adjacent to an activating group) is 1. The number of rotatable bonds is 4. The molecule has 0 aromatic carbocycles. The van der Waals surface area contributed by atoms with Crippen molar-refractivity contribution in [3.05, 3.63) is 16.1 Å². The van der Waals surface area contributed by atoms with Crippen LogP contribution >= 0.6 is 11.3 Å². The summed E-state index contributed by atoms with van der Waals surface area (Å²) in [5.41, 5.74) is 1.23. The monoisotopic (exact) mass is 254 g/mol. The third-order valence-electron chi connectivity index (χ3n) is 3.67. The van der Waals surface area contributed by atoms with Crippen LogP contribution in [0.15, 0.2) is 5.38 Å². The van der Waals surface area contributed by atoms with E-state index in [1.807, 2.05) is 0 Å². The number of hydrogen-bond donors (Lipinski definition) is 1. The van der Waals surface area contributed by atoms with Gasteiger partial charge in [-0.2, -0.15) is 0 Å². The molecule has 2 rings (SSSR count). The Bertz CT molecular complexity index is 364. The van der Waals surface area contributed by atoms with Gasteiger partial charge in [0.05, 0.1) is 17.3 Å². The zero-order chi connectivity index (χ0) is 12.4. The molecule has 1 saturated heterocycles. The van der Waals surface area contributed by atoms with Gasteiger partial charge in [-0.3, -0.25) is 0 Å². The maximum Gasteiger partial charge on any atom is 0.0984 e. The second kappa shape index (κ2) is 5.46. The number of aliphatic hydroxyl groups is 1. The Balaban J connectivity index is 2.10. The van der Waals surface area contributed by atoms with Crippen molar-refractivity contribution >= 4 is 11.3 Å². The van der Waals surface area contributed by atoms with Crippen molar-refractivity contribution in [1.29, 1.82) is 0 Å². The summed E-state index contributed by atoms with van der Waals surface area (Å²) in [6.07, 6.45) is 1.21. The van der Waals surface area contributed by atoms with Crippen LogP contribution in [0.5, 0.6) is 0 Å². The summed E-state index contributed by atoms with van der Waals surface area (Å²) in [6.45, 7) is 6.78. The first kappa shape index (κ1) is 13.0. The summed E-state index contributed by atoms with van der Waals surface area (Å²) < 4.78 is 0. The van der Waals surface area contributed by atoms with Crippen molar-refractivity contribution in [2.75, 3.05) is 26.7 Å². The molecule has 1 aliphatic heterocycles. The number of aliphatic hydroxyl groups excluding tert-OH is 1. The van der Waals surface area contributed by atoms with Crippen molar-refractivity contribution in [2.24, 2.45) is 5.92 Å². The summed E-state index contributed by atoms with van der Waals surface area (Å²) in [7, 11) is 2.16. The van der Waals surface area contributed by atoms with Gasteiger partial charge in [0, 0.05) is 23.8 Å². The average Bonchev–Trinajstić information content (AvgIpc) is 2.87. The van der Waals surface area contributed by atoms with Crippen LogP contribution in [0.4, 0.5) is 0 Å². The molecule has 0 radical (unpaired) electrons. The van der Waals surface area contributed by atoms with E-state index in [2.05, 4.69) is 31.2 Å². The molecule has 96 valence electrons. The summed E-state index contributed by atoms with van der Waals surface area (Å²) in [4.78, 5) is 7.11. The molecular formula is C13H22N2OS. The van der Waals surface area contributed by atoms with Crippen LogP contribution in [-0.4, -0.2) is 41.7 Å². The van der Waals surface area contributed by atoms with Crippen molar-refractivity contribution in [2.45, 2.75) is 32.1 Å². The first-order chi connectivity index (χ1) is 8.11. The van der Waals surface area contributed by atoms with Gasteiger partial charge >= 0.3 is 0 Å². The molecule has 0 amide bonds. The number of likely N-dealkylation sites (tertiary alicyclic amines) is 1. The quantitative estimate of drug-likeness (QED) is 0.895. The zero-order valence-corrected chi connectivity index (χ0v) is 11.7. The molecule has 0 saturated carbocycles. The molecule has 3 nitrogen and oxygen atoms in total. The fourth-order valence-corrected chi connectivity index (χ4v) is 3.58. The molecule has 1 fully saturated rings. The Morgan fingerprint density at radius 3 is 2.88 bits per heavy atom. The molecule has 0 aliphatic carbocycles. The number of nitrogens with zero attached hydrogens (tertiary/aromatic N) is 2. The molecular weight excluding hydrogens is 232 g/mol. The molecule has 1 aliphatic rings. The van der Waals surface area contributed by atoms with Crippen molar-refractivity contribution in [3.63, 3.8) is 0 Å². The van der Waals surface area contributed by atoms with Gasteiger partial charge < -0.3 is 10.0 Å². The first-order valence-electron chi connectivity index (χ1n) is 6.36. The van der Waals surface area contributed by atoms with Crippen LogP contribution in [0.3, 0.4) is 0 Å². The van der Waals surface area contributed by atoms with Crippen molar-refractivity contribution < 1.29 is 5.11 Å². The van der Waals surface area contributed by atoms with Gasteiger partial charge in [-0.1, -0.05) is 13.8 Å². The van der Waals surface area contributed by atoms with Crippen LogP contribution < -0.4 is 0 Å². The van der Waals surface area contributed by atoms with Gasteiger partial charge in [0.15, 0.2) is 0 Å². The van der Waals surface area contributed by atoms with Gasteiger partial charge in [-0.15, -0.1) is 11.3 Å². The minimum absolute atomic E-state index is 0.202. The topological polar surface area (TPSA) is 36.4 Å². The molecule has 17 heavy (non-hydrogen) atoms. The van der Waals surface area contributed by atoms with E-state index in [0.717, 1.165) is 11.6 Å². The predicted octanol–water partition coefficient (Wildman–Crippen LogP) is 2.29. The molecule has 1 aromatic rings.